The number of rotatable bonds is 3. The molecule has 0 spiro atoms. The highest BCUT2D eigenvalue weighted by molar-refractivity contribution is 5.69. The van der Waals surface area contributed by atoms with Gasteiger partial charge in [0.1, 0.15) is 0 Å². The zero-order valence-electron chi connectivity index (χ0n) is 7.58. The molecule has 2 nitrogen and oxygen atoms in total. The highest BCUT2D eigenvalue weighted by Crippen LogP contribution is 2.30. The van der Waals surface area contributed by atoms with Gasteiger partial charge in [0.05, 0.1) is 12.2 Å². The van der Waals surface area contributed by atoms with Gasteiger partial charge in [-0.15, -0.1) is 0 Å². The highest BCUT2D eigenvalue weighted by atomic mass is 19.1. The minimum absolute atomic E-state index is 0.161. The summed E-state index contributed by atoms with van der Waals surface area (Å²) in [6.07, 6.45) is 6.18. The Morgan fingerprint density at radius 1 is 1.38 bits per heavy atom. The maximum absolute atomic E-state index is 11.7. The zero-order valence-corrected chi connectivity index (χ0v) is 7.58. The Morgan fingerprint density at radius 2 is 2.00 bits per heavy atom. The molecule has 0 unspecified atom stereocenters. The summed E-state index contributed by atoms with van der Waals surface area (Å²) in [5.41, 5.74) is 0. The molecule has 74 valence electrons. The Balaban J connectivity index is 2.26. The summed E-state index contributed by atoms with van der Waals surface area (Å²) in [6.45, 7) is 0. The third-order valence-electron chi connectivity index (χ3n) is 2.75. The number of carbonyl (C=O) groups is 1. The molecule has 1 saturated carbocycles. The zero-order chi connectivity index (χ0) is 9.68. The predicted molar refractivity (Wildman–Crippen MR) is 47.9 cm³/mol. The Bertz CT molecular complexity index is 193. The monoisotopic (exact) mass is 186 g/mol. The minimum atomic E-state index is -0.681. The summed E-state index contributed by atoms with van der Waals surface area (Å²) in [5, 5.41) is 8.73. The van der Waals surface area contributed by atoms with E-state index in [1.807, 2.05) is 0 Å². The molecule has 13 heavy (non-hydrogen) atoms. The van der Waals surface area contributed by atoms with Crippen molar-refractivity contribution in [2.24, 2.45) is 11.8 Å². The lowest BCUT2D eigenvalue weighted by molar-refractivity contribution is -0.143. The topological polar surface area (TPSA) is 37.3 Å². The quantitative estimate of drug-likeness (QED) is 0.735. The van der Waals surface area contributed by atoms with Crippen molar-refractivity contribution in [1.29, 1.82) is 0 Å². The number of aliphatic carboxylic acids is 1. The van der Waals surface area contributed by atoms with E-state index in [4.69, 9.17) is 5.11 Å². The molecular formula is C10H15FO2. The second-order valence-corrected chi connectivity index (χ2v) is 3.65. The summed E-state index contributed by atoms with van der Waals surface area (Å²) in [5.74, 6) is -0.354. The smallest absolute Gasteiger partial charge is 0.306 e. The van der Waals surface area contributed by atoms with Gasteiger partial charge in [-0.25, -0.2) is 4.39 Å². The second-order valence-electron chi connectivity index (χ2n) is 3.65. The fourth-order valence-electron chi connectivity index (χ4n) is 1.89. The molecule has 0 radical (unpaired) electrons. The molecule has 1 N–H and O–H groups in total. The van der Waals surface area contributed by atoms with Crippen molar-refractivity contribution in [3.05, 3.63) is 12.4 Å². The number of halogens is 1. The maximum Gasteiger partial charge on any atom is 0.306 e. The first-order chi connectivity index (χ1) is 6.24. The van der Waals surface area contributed by atoms with Crippen molar-refractivity contribution in [1.82, 2.24) is 0 Å². The SMILES string of the molecule is O=C(O)C1CCC(C/C=C/F)CC1. The molecule has 1 aliphatic carbocycles. The number of hydrogen-bond acceptors (Lipinski definition) is 1. The van der Waals surface area contributed by atoms with Gasteiger partial charge in [0.15, 0.2) is 0 Å². The molecule has 3 heteroatoms. The van der Waals surface area contributed by atoms with Gasteiger partial charge in [0, 0.05) is 0 Å². The van der Waals surface area contributed by atoms with Gasteiger partial charge in [-0.3, -0.25) is 4.79 Å². The Hall–Kier alpha value is -0.860. The van der Waals surface area contributed by atoms with E-state index in [2.05, 4.69) is 0 Å². The Kier molecular flexibility index (Phi) is 3.93. The average Bonchev–Trinajstić information content (AvgIpc) is 2.15. The lowest BCUT2D eigenvalue weighted by Gasteiger charge is -2.24. The molecule has 0 heterocycles. The molecule has 0 aromatic rings. The van der Waals surface area contributed by atoms with E-state index >= 15 is 0 Å². The van der Waals surface area contributed by atoms with Crippen molar-refractivity contribution >= 4 is 5.97 Å². The van der Waals surface area contributed by atoms with Gasteiger partial charge in [0.2, 0.25) is 0 Å². The largest absolute Gasteiger partial charge is 0.481 e. The highest BCUT2D eigenvalue weighted by Gasteiger charge is 2.24. The van der Waals surface area contributed by atoms with Crippen LogP contribution in [0.3, 0.4) is 0 Å². The van der Waals surface area contributed by atoms with Crippen LogP contribution < -0.4 is 0 Å². The van der Waals surface area contributed by atoms with Gasteiger partial charge in [-0.1, -0.05) is 6.08 Å². The minimum Gasteiger partial charge on any atom is -0.481 e. The number of carboxylic acid groups (broad SMARTS) is 1. The molecule has 0 amide bonds. The lowest BCUT2D eigenvalue weighted by Crippen LogP contribution is -2.21. The maximum atomic E-state index is 11.7. The van der Waals surface area contributed by atoms with Gasteiger partial charge < -0.3 is 5.11 Å². The van der Waals surface area contributed by atoms with Crippen LogP contribution >= 0.6 is 0 Å². The van der Waals surface area contributed by atoms with Crippen molar-refractivity contribution in [2.75, 3.05) is 0 Å². The molecule has 0 atom stereocenters. The van der Waals surface area contributed by atoms with Crippen molar-refractivity contribution in [3.63, 3.8) is 0 Å². The van der Waals surface area contributed by atoms with Crippen LogP contribution in [0.5, 0.6) is 0 Å². The summed E-state index contributed by atoms with van der Waals surface area (Å²) >= 11 is 0. The fraction of sp³-hybridized carbons (Fsp3) is 0.700. The van der Waals surface area contributed by atoms with E-state index in [-0.39, 0.29) is 5.92 Å². The van der Waals surface area contributed by atoms with E-state index < -0.39 is 5.97 Å². The summed E-state index contributed by atoms with van der Waals surface area (Å²) in [4.78, 5) is 10.6. The predicted octanol–water partition coefficient (Wildman–Crippen LogP) is 2.75. The lowest BCUT2D eigenvalue weighted by atomic mass is 9.81. The van der Waals surface area contributed by atoms with E-state index in [1.54, 1.807) is 0 Å². The fourth-order valence-corrected chi connectivity index (χ4v) is 1.89. The van der Waals surface area contributed by atoms with Crippen LogP contribution in [0.15, 0.2) is 12.4 Å². The van der Waals surface area contributed by atoms with Crippen molar-refractivity contribution in [3.8, 4) is 0 Å². The molecule has 0 bridgehead atoms. The molecule has 0 aromatic heterocycles. The summed E-state index contributed by atoms with van der Waals surface area (Å²) in [6, 6.07) is 0. The van der Waals surface area contributed by atoms with Crippen LogP contribution in [0.2, 0.25) is 0 Å². The normalized spacial score (nSPS) is 29.3. The molecule has 1 aliphatic rings. The standard InChI is InChI=1S/C10H15FO2/c11-7-1-2-8-3-5-9(6-4-8)10(12)13/h1,7-9H,2-6H2,(H,12,13)/b7-1+. The number of hydrogen-bond donors (Lipinski definition) is 1. The molecule has 1 fully saturated rings. The van der Waals surface area contributed by atoms with E-state index in [9.17, 15) is 9.18 Å². The van der Waals surface area contributed by atoms with Crippen molar-refractivity contribution in [2.45, 2.75) is 32.1 Å². The van der Waals surface area contributed by atoms with Crippen LogP contribution in [0.4, 0.5) is 4.39 Å². The molecule has 0 aromatic carbocycles. The average molecular weight is 186 g/mol. The summed E-state index contributed by atoms with van der Waals surface area (Å²) in [7, 11) is 0. The van der Waals surface area contributed by atoms with Crippen LogP contribution in [-0.4, -0.2) is 11.1 Å². The van der Waals surface area contributed by atoms with Gasteiger partial charge in [0.25, 0.3) is 0 Å². The van der Waals surface area contributed by atoms with Crippen LogP contribution in [-0.2, 0) is 4.79 Å². The van der Waals surface area contributed by atoms with E-state index in [1.165, 1.54) is 6.08 Å². The van der Waals surface area contributed by atoms with Gasteiger partial charge in [-0.05, 0) is 38.0 Å². The first-order valence-electron chi connectivity index (χ1n) is 4.72. The van der Waals surface area contributed by atoms with Gasteiger partial charge in [-0.2, -0.15) is 0 Å². The van der Waals surface area contributed by atoms with Gasteiger partial charge >= 0.3 is 5.97 Å². The molecule has 0 saturated heterocycles. The van der Waals surface area contributed by atoms with Crippen molar-refractivity contribution < 1.29 is 14.3 Å². The second kappa shape index (κ2) is 5.00. The molecule has 0 aliphatic heterocycles. The summed E-state index contributed by atoms with van der Waals surface area (Å²) < 4.78 is 11.7. The van der Waals surface area contributed by atoms with Crippen LogP contribution in [0.25, 0.3) is 0 Å². The molecule has 1 rings (SSSR count). The third kappa shape index (κ3) is 3.17. The molecular weight excluding hydrogens is 171 g/mol. The first-order valence-corrected chi connectivity index (χ1v) is 4.72. The third-order valence-corrected chi connectivity index (χ3v) is 2.75. The van der Waals surface area contributed by atoms with E-state index in [0.29, 0.717) is 12.2 Å². The van der Waals surface area contributed by atoms with Crippen LogP contribution in [0, 0.1) is 11.8 Å². The van der Waals surface area contributed by atoms with Crippen LogP contribution in [0.1, 0.15) is 32.1 Å². The number of carboxylic acids is 1. The Labute approximate surface area is 77.4 Å². The van der Waals surface area contributed by atoms with E-state index in [0.717, 1.165) is 32.1 Å². The number of allylic oxidation sites excluding steroid dienone is 1. The Morgan fingerprint density at radius 3 is 2.46 bits per heavy atom. The first kappa shape index (κ1) is 10.2.